The number of aryl methyl sites for hydroxylation is 1. The first kappa shape index (κ1) is 13.1. The fraction of sp³-hybridized carbons (Fsp3) is 0.467. The van der Waals surface area contributed by atoms with Crippen molar-refractivity contribution in [3.05, 3.63) is 35.1 Å². The van der Waals surface area contributed by atoms with Gasteiger partial charge in [0.25, 0.3) is 5.91 Å². The minimum Gasteiger partial charge on any atom is -0.354 e. The summed E-state index contributed by atoms with van der Waals surface area (Å²) in [6, 6.07) is 4.49. The largest absolute Gasteiger partial charge is 0.354 e. The minimum absolute atomic E-state index is 0.0110. The lowest BCUT2D eigenvalue weighted by molar-refractivity contribution is -0.123. The van der Waals surface area contributed by atoms with Crippen LogP contribution in [0, 0.1) is 18.7 Å². The molecular weight excluding hydrogens is 259 g/mol. The Hall–Kier alpha value is -1.91. The van der Waals surface area contributed by atoms with Crippen LogP contribution in [-0.4, -0.2) is 35.8 Å². The van der Waals surface area contributed by atoms with Crippen molar-refractivity contribution >= 4 is 11.8 Å². The van der Waals surface area contributed by atoms with Crippen LogP contribution in [0.15, 0.2) is 18.2 Å². The van der Waals surface area contributed by atoms with Crippen LogP contribution in [0.5, 0.6) is 0 Å². The molecule has 2 heterocycles. The number of halogens is 1. The van der Waals surface area contributed by atoms with Crippen LogP contribution in [0.2, 0.25) is 0 Å². The number of rotatable bonds is 1. The number of benzene rings is 1. The highest BCUT2D eigenvalue weighted by molar-refractivity contribution is 5.96. The molecule has 0 bridgehead atoms. The molecule has 2 amide bonds. The van der Waals surface area contributed by atoms with Crippen LogP contribution in [0.25, 0.3) is 0 Å². The third kappa shape index (κ3) is 2.07. The zero-order valence-corrected chi connectivity index (χ0v) is 11.4. The molecule has 20 heavy (non-hydrogen) atoms. The maximum absolute atomic E-state index is 13.9. The monoisotopic (exact) mass is 276 g/mol. The SMILES string of the molecule is Cc1ccc(C(=O)N2CCCC3C(=O)NCC32)c(F)c1. The average Bonchev–Trinajstić information content (AvgIpc) is 2.80. The predicted octanol–water partition coefficient (Wildman–Crippen LogP) is 1.48. The summed E-state index contributed by atoms with van der Waals surface area (Å²) >= 11 is 0. The van der Waals surface area contributed by atoms with Crippen LogP contribution < -0.4 is 5.32 Å². The lowest BCUT2D eigenvalue weighted by Gasteiger charge is -2.36. The van der Waals surface area contributed by atoms with E-state index in [-0.39, 0.29) is 29.3 Å². The molecule has 2 aliphatic rings. The summed E-state index contributed by atoms with van der Waals surface area (Å²) in [6.45, 7) is 2.85. The molecular formula is C15H17FN2O2. The maximum Gasteiger partial charge on any atom is 0.257 e. The minimum atomic E-state index is -0.491. The molecule has 0 radical (unpaired) electrons. The normalized spacial score (nSPS) is 25.3. The predicted molar refractivity (Wildman–Crippen MR) is 71.7 cm³/mol. The summed E-state index contributed by atoms with van der Waals surface area (Å²) in [4.78, 5) is 25.9. The Balaban J connectivity index is 1.88. The smallest absolute Gasteiger partial charge is 0.257 e. The fourth-order valence-corrected chi connectivity index (χ4v) is 3.15. The molecule has 0 aromatic heterocycles. The molecule has 5 heteroatoms. The average molecular weight is 276 g/mol. The van der Waals surface area contributed by atoms with Gasteiger partial charge in [0.1, 0.15) is 5.82 Å². The van der Waals surface area contributed by atoms with Crippen molar-refractivity contribution < 1.29 is 14.0 Å². The van der Waals surface area contributed by atoms with Crippen LogP contribution in [0.3, 0.4) is 0 Å². The Labute approximate surface area is 117 Å². The van der Waals surface area contributed by atoms with E-state index in [2.05, 4.69) is 5.32 Å². The van der Waals surface area contributed by atoms with E-state index in [0.717, 1.165) is 18.4 Å². The second-order valence-electron chi connectivity index (χ2n) is 5.54. The molecule has 1 aromatic carbocycles. The van der Waals surface area contributed by atoms with E-state index in [1.54, 1.807) is 17.9 Å². The van der Waals surface area contributed by atoms with Gasteiger partial charge < -0.3 is 10.2 Å². The Bertz CT molecular complexity index is 573. The van der Waals surface area contributed by atoms with Crippen molar-refractivity contribution in [2.75, 3.05) is 13.1 Å². The molecule has 2 saturated heterocycles. The third-order valence-electron chi connectivity index (χ3n) is 4.22. The molecule has 1 N–H and O–H groups in total. The van der Waals surface area contributed by atoms with Crippen molar-refractivity contribution in [3.8, 4) is 0 Å². The Morgan fingerprint density at radius 1 is 1.45 bits per heavy atom. The highest BCUT2D eigenvalue weighted by Gasteiger charge is 2.43. The Morgan fingerprint density at radius 2 is 2.25 bits per heavy atom. The van der Waals surface area contributed by atoms with Crippen molar-refractivity contribution in [1.29, 1.82) is 0 Å². The molecule has 106 valence electrons. The van der Waals surface area contributed by atoms with Gasteiger partial charge in [-0.15, -0.1) is 0 Å². The number of nitrogens with zero attached hydrogens (tertiary/aromatic N) is 1. The zero-order chi connectivity index (χ0) is 14.3. The quantitative estimate of drug-likeness (QED) is 0.844. The first-order valence-electron chi connectivity index (χ1n) is 6.93. The number of likely N-dealkylation sites (tertiary alicyclic amines) is 1. The number of hydrogen-bond donors (Lipinski definition) is 1. The van der Waals surface area contributed by atoms with Gasteiger partial charge >= 0.3 is 0 Å². The maximum atomic E-state index is 13.9. The Kier molecular flexibility index (Phi) is 3.20. The van der Waals surface area contributed by atoms with Crippen molar-refractivity contribution in [3.63, 3.8) is 0 Å². The van der Waals surface area contributed by atoms with Crippen LogP contribution in [0.4, 0.5) is 4.39 Å². The number of fused-ring (bicyclic) bond motifs is 1. The number of piperidine rings is 1. The van der Waals surface area contributed by atoms with Gasteiger partial charge in [-0.25, -0.2) is 4.39 Å². The molecule has 0 saturated carbocycles. The van der Waals surface area contributed by atoms with Gasteiger partial charge in [0.15, 0.2) is 0 Å². The summed E-state index contributed by atoms with van der Waals surface area (Å²) in [5, 5.41) is 2.80. The number of hydrogen-bond acceptors (Lipinski definition) is 2. The lowest BCUT2D eigenvalue weighted by atomic mass is 9.91. The number of carbonyl (C=O) groups is 2. The van der Waals surface area contributed by atoms with Gasteiger partial charge in [-0.1, -0.05) is 6.07 Å². The first-order valence-corrected chi connectivity index (χ1v) is 6.93. The van der Waals surface area contributed by atoms with E-state index in [4.69, 9.17) is 0 Å². The topological polar surface area (TPSA) is 49.4 Å². The van der Waals surface area contributed by atoms with E-state index in [0.29, 0.717) is 13.1 Å². The van der Waals surface area contributed by atoms with Gasteiger partial charge in [0, 0.05) is 13.1 Å². The third-order valence-corrected chi connectivity index (χ3v) is 4.22. The second-order valence-corrected chi connectivity index (χ2v) is 5.54. The van der Waals surface area contributed by atoms with Gasteiger partial charge in [0.05, 0.1) is 17.5 Å². The van der Waals surface area contributed by atoms with E-state index in [9.17, 15) is 14.0 Å². The van der Waals surface area contributed by atoms with Crippen LogP contribution in [0.1, 0.15) is 28.8 Å². The summed E-state index contributed by atoms with van der Waals surface area (Å²) in [5.41, 5.74) is 0.879. The molecule has 4 nitrogen and oxygen atoms in total. The molecule has 3 rings (SSSR count). The molecule has 2 atom stereocenters. The van der Waals surface area contributed by atoms with Crippen molar-refractivity contribution in [1.82, 2.24) is 10.2 Å². The first-order chi connectivity index (χ1) is 9.58. The fourth-order valence-electron chi connectivity index (χ4n) is 3.15. The second kappa shape index (κ2) is 4.89. The van der Waals surface area contributed by atoms with Gasteiger partial charge in [-0.05, 0) is 37.5 Å². The number of amides is 2. The number of carbonyl (C=O) groups excluding carboxylic acids is 2. The molecule has 1 aromatic rings. The zero-order valence-electron chi connectivity index (χ0n) is 11.4. The summed E-state index contributed by atoms with van der Waals surface area (Å²) < 4.78 is 13.9. The lowest BCUT2D eigenvalue weighted by Crippen LogP contribution is -2.48. The molecule has 0 aliphatic carbocycles. The van der Waals surface area contributed by atoms with Gasteiger partial charge in [0.2, 0.25) is 5.91 Å². The summed E-state index contributed by atoms with van der Waals surface area (Å²) in [5.74, 6) is -0.929. The highest BCUT2D eigenvalue weighted by Crippen LogP contribution is 2.29. The highest BCUT2D eigenvalue weighted by atomic mass is 19.1. The number of nitrogens with one attached hydrogen (secondary N) is 1. The van der Waals surface area contributed by atoms with Crippen LogP contribution in [-0.2, 0) is 4.79 Å². The summed E-state index contributed by atoms with van der Waals surface area (Å²) in [7, 11) is 0. The van der Waals surface area contributed by atoms with E-state index < -0.39 is 5.82 Å². The molecule has 2 fully saturated rings. The van der Waals surface area contributed by atoms with Crippen molar-refractivity contribution in [2.45, 2.75) is 25.8 Å². The Morgan fingerprint density at radius 3 is 3.00 bits per heavy atom. The van der Waals surface area contributed by atoms with E-state index >= 15 is 0 Å². The van der Waals surface area contributed by atoms with Gasteiger partial charge in [-0.3, -0.25) is 9.59 Å². The standard InChI is InChI=1S/C15H17FN2O2/c1-9-4-5-10(12(16)7-9)15(20)18-6-2-3-11-13(18)8-17-14(11)19/h4-5,7,11,13H,2-3,6,8H2,1H3,(H,17,19). The van der Waals surface area contributed by atoms with Gasteiger partial charge in [-0.2, -0.15) is 0 Å². The van der Waals surface area contributed by atoms with Crippen LogP contribution >= 0.6 is 0 Å². The van der Waals surface area contributed by atoms with Crippen molar-refractivity contribution in [2.24, 2.45) is 5.92 Å². The van der Waals surface area contributed by atoms with E-state index in [1.165, 1.54) is 12.1 Å². The molecule has 2 aliphatic heterocycles. The van der Waals surface area contributed by atoms with E-state index in [1.807, 2.05) is 0 Å². The molecule has 2 unspecified atom stereocenters. The summed E-state index contributed by atoms with van der Waals surface area (Å²) in [6.07, 6.45) is 1.59. The molecule has 0 spiro atoms.